The van der Waals surface area contributed by atoms with Crippen molar-refractivity contribution in [1.29, 1.82) is 0 Å². The van der Waals surface area contributed by atoms with Gasteiger partial charge in [-0.05, 0) is 6.92 Å². The highest BCUT2D eigenvalue weighted by Crippen LogP contribution is 2.42. The normalized spacial score (nSPS) is 15.4. The van der Waals surface area contributed by atoms with E-state index in [-0.39, 0.29) is 0 Å². The van der Waals surface area contributed by atoms with E-state index >= 15 is 0 Å². The molecule has 170 valence electrons. The molecule has 8 nitrogen and oxygen atoms in total. The molecule has 0 bridgehead atoms. The van der Waals surface area contributed by atoms with E-state index < -0.39 is 70.5 Å². The Balaban J connectivity index is 5.93. The molecule has 0 aliphatic carbocycles. The van der Waals surface area contributed by atoms with Gasteiger partial charge in [0.1, 0.15) is 0 Å². The van der Waals surface area contributed by atoms with Gasteiger partial charge >= 0.3 is 45.1 Å². The van der Waals surface area contributed by atoms with Gasteiger partial charge in [0.15, 0.2) is 0 Å². The van der Waals surface area contributed by atoms with Crippen LogP contribution in [0.5, 0.6) is 0 Å². The summed E-state index contributed by atoms with van der Waals surface area (Å²) in [5.74, 6) is -17.4. The summed E-state index contributed by atoms with van der Waals surface area (Å²) in [5, 5.41) is -4.68. The summed E-state index contributed by atoms with van der Waals surface area (Å²) in [4.78, 5) is 22.9. The molecular formula is C12H13F8NO7S. The molecule has 0 spiro atoms. The van der Waals surface area contributed by atoms with Crippen molar-refractivity contribution in [3.05, 3.63) is 12.4 Å². The van der Waals surface area contributed by atoms with E-state index in [0.29, 0.717) is 0 Å². The van der Waals surface area contributed by atoms with Crippen LogP contribution in [0.1, 0.15) is 13.3 Å². The molecule has 0 heterocycles. The van der Waals surface area contributed by atoms with Crippen LogP contribution in [0.3, 0.4) is 0 Å². The van der Waals surface area contributed by atoms with Gasteiger partial charge in [-0.15, -0.1) is 0 Å². The second-order valence-corrected chi connectivity index (χ2v) is 6.53. The van der Waals surface area contributed by atoms with Gasteiger partial charge in [0.2, 0.25) is 5.83 Å². The lowest BCUT2D eigenvalue weighted by Crippen LogP contribution is -2.62. The Morgan fingerprint density at radius 1 is 1.10 bits per heavy atom. The van der Waals surface area contributed by atoms with Gasteiger partial charge in [0, 0.05) is 13.0 Å². The average Bonchev–Trinajstić information content (AvgIpc) is 2.51. The number of hydrogen-bond acceptors (Lipinski definition) is 6. The lowest BCUT2D eigenvalue weighted by Gasteiger charge is -2.33. The zero-order chi connectivity index (χ0) is 23.5. The molecule has 0 aliphatic rings. The van der Waals surface area contributed by atoms with E-state index in [4.69, 9.17) is 4.55 Å². The molecule has 1 amide bonds. The fraction of sp³-hybridized carbons (Fsp3) is 0.667. The minimum Gasteiger partial charge on any atom is -0.410 e. The lowest BCUT2D eigenvalue weighted by molar-refractivity contribution is -0.350. The molecular weight excluding hydrogens is 454 g/mol. The summed E-state index contributed by atoms with van der Waals surface area (Å²) >= 11 is 0. The first-order valence-electron chi connectivity index (χ1n) is 7.06. The molecule has 17 heteroatoms. The third-order valence-corrected chi connectivity index (χ3v) is 3.89. The highest BCUT2D eigenvalue weighted by molar-refractivity contribution is 7.87. The maximum Gasteiger partial charge on any atom is 0.466 e. The molecule has 0 rings (SSSR count). The number of carbonyl (C=O) groups excluding carboxylic acids is 2. The smallest absolute Gasteiger partial charge is 0.410 e. The Kier molecular flexibility index (Phi) is 8.17. The summed E-state index contributed by atoms with van der Waals surface area (Å²) in [6, 6.07) is 0. The van der Waals surface area contributed by atoms with E-state index in [1.54, 1.807) is 0 Å². The Morgan fingerprint density at radius 2 is 1.59 bits per heavy atom. The molecule has 0 aromatic carbocycles. The third kappa shape index (κ3) is 5.75. The van der Waals surface area contributed by atoms with E-state index in [1.165, 1.54) is 5.32 Å². The molecule has 0 aromatic rings. The standard InChI is InChI=1S/C12H13F8NO7S/c1-3-21-8(23)10(11(16,17)18,28-7(22)6(2)13)27-5-4-9(14,15)12(19,20)29(24,25)26/h2-5H2,1H3,(H,21,23)(H,24,25,26). The molecule has 0 fully saturated rings. The first-order valence-corrected chi connectivity index (χ1v) is 8.50. The molecule has 1 unspecified atom stereocenters. The summed E-state index contributed by atoms with van der Waals surface area (Å²) in [7, 11) is -6.70. The number of amides is 1. The van der Waals surface area contributed by atoms with Crippen LogP contribution < -0.4 is 5.32 Å². The molecule has 0 aromatic heterocycles. The number of hydrogen-bond donors (Lipinski definition) is 2. The van der Waals surface area contributed by atoms with Crippen molar-refractivity contribution < 1.29 is 67.2 Å². The molecule has 29 heavy (non-hydrogen) atoms. The average molecular weight is 467 g/mol. The first kappa shape index (κ1) is 27.0. The van der Waals surface area contributed by atoms with Gasteiger partial charge in [-0.2, -0.15) is 43.5 Å². The number of esters is 1. The highest BCUT2D eigenvalue weighted by atomic mass is 32.2. The zero-order valence-electron chi connectivity index (χ0n) is 14.2. The molecule has 1 atom stereocenters. The van der Waals surface area contributed by atoms with Gasteiger partial charge in [0.25, 0.3) is 0 Å². The summed E-state index contributed by atoms with van der Waals surface area (Å²) < 4.78 is 142. The van der Waals surface area contributed by atoms with Crippen LogP contribution in [0.25, 0.3) is 0 Å². The molecule has 0 aliphatic heterocycles. The minimum atomic E-state index is -6.70. The van der Waals surface area contributed by atoms with Crippen LogP contribution in [0.2, 0.25) is 0 Å². The van der Waals surface area contributed by atoms with Crippen molar-refractivity contribution >= 4 is 22.0 Å². The first-order chi connectivity index (χ1) is 12.8. The second-order valence-electron chi connectivity index (χ2n) is 5.06. The van der Waals surface area contributed by atoms with E-state index in [9.17, 15) is 53.1 Å². The Bertz CT molecular complexity index is 752. The van der Waals surface area contributed by atoms with Crippen molar-refractivity contribution in [1.82, 2.24) is 5.32 Å². The van der Waals surface area contributed by atoms with E-state index in [2.05, 4.69) is 16.1 Å². The fourth-order valence-electron chi connectivity index (χ4n) is 1.53. The summed E-state index contributed by atoms with van der Waals surface area (Å²) in [6.07, 6.45) is -8.55. The van der Waals surface area contributed by atoms with Gasteiger partial charge in [-0.3, -0.25) is 9.35 Å². The largest absolute Gasteiger partial charge is 0.466 e. The number of nitrogens with one attached hydrogen (secondary N) is 1. The van der Waals surface area contributed by atoms with Crippen molar-refractivity contribution in [2.45, 2.75) is 36.5 Å². The van der Waals surface area contributed by atoms with Gasteiger partial charge in [0.05, 0.1) is 6.61 Å². The maximum atomic E-state index is 13.4. The fourth-order valence-corrected chi connectivity index (χ4v) is 2.01. The maximum absolute atomic E-state index is 13.4. The van der Waals surface area contributed by atoms with E-state index in [1.807, 2.05) is 0 Å². The topological polar surface area (TPSA) is 119 Å². The predicted octanol–water partition coefficient (Wildman–Crippen LogP) is 1.93. The highest BCUT2D eigenvalue weighted by Gasteiger charge is 2.68. The summed E-state index contributed by atoms with van der Waals surface area (Å²) in [5.41, 5.74) is 0. The number of rotatable bonds is 10. The van der Waals surface area contributed by atoms with Crippen molar-refractivity contribution in [3.63, 3.8) is 0 Å². The molecule has 0 saturated heterocycles. The Morgan fingerprint density at radius 3 is 1.93 bits per heavy atom. The van der Waals surface area contributed by atoms with Crippen LogP contribution in [0.4, 0.5) is 35.1 Å². The number of carbonyl (C=O) groups is 2. The minimum absolute atomic E-state index is 0.564. The monoisotopic (exact) mass is 467 g/mol. The third-order valence-electron chi connectivity index (χ3n) is 2.94. The van der Waals surface area contributed by atoms with Crippen LogP contribution >= 0.6 is 0 Å². The summed E-state index contributed by atoms with van der Waals surface area (Å²) in [6.45, 7) is 0.631. The lowest BCUT2D eigenvalue weighted by atomic mass is 10.2. The van der Waals surface area contributed by atoms with Crippen LogP contribution in [-0.2, 0) is 29.2 Å². The van der Waals surface area contributed by atoms with Crippen LogP contribution in [0, 0.1) is 0 Å². The van der Waals surface area contributed by atoms with Crippen molar-refractivity contribution in [3.8, 4) is 0 Å². The Hall–Kier alpha value is -2.01. The van der Waals surface area contributed by atoms with Gasteiger partial charge < -0.3 is 14.8 Å². The quantitative estimate of drug-likeness (QED) is 0.166. The van der Waals surface area contributed by atoms with Gasteiger partial charge in [-0.1, -0.05) is 6.58 Å². The van der Waals surface area contributed by atoms with Crippen LogP contribution in [0.15, 0.2) is 12.4 Å². The van der Waals surface area contributed by atoms with E-state index in [0.717, 1.165) is 6.92 Å². The number of likely N-dealkylation sites (N-methyl/N-ethyl adjacent to an activating group) is 1. The molecule has 0 radical (unpaired) electrons. The Labute approximate surface area is 157 Å². The van der Waals surface area contributed by atoms with Crippen molar-refractivity contribution in [2.75, 3.05) is 13.2 Å². The van der Waals surface area contributed by atoms with Crippen molar-refractivity contribution in [2.24, 2.45) is 0 Å². The predicted molar refractivity (Wildman–Crippen MR) is 75.8 cm³/mol. The number of halogens is 8. The number of ether oxygens (including phenoxy) is 2. The second kappa shape index (κ2) is 8.78. The zero-order valence-corrected chi connectivity index (χ0v) is 15.0. The van der Waals surface area contributed by atoms with Gasteiger partial charge in [-0.25, -0.2) is 4.79 Å². The SMILES string of the molecule is C=C(F)C(=O)OC(OCCC(F)(F)C(F)(F)S(=O)(=O)O)(C(=O)NCC)C(F)(F)F. The van der Waals surface area contributed by atoms with Crippen LogP contribution in [-0.4, -0.2) is 61.1 Å². The molecule has 0 saturated carbocycles. The number of alkyl halides is 7. The molecule has 2 N–H and O–H groups in total.